The van der Waals surface area contributed by atoms with Gasteiger partial charge in [0.25, 0.3) is 0 Å². The Kier molecular flexibility index (Phi) is 5.34. The van der Waals surface area contributed by atoms with E-state index in [1.165, 1.54) is 0 Å². The van der Waals surface area contributed by atoms with Gasteiger partial charge in [-0.05, 0) is 32.2 Å². The maximum atomic E-state index is 13.2. The molecule has 0 unspecified atom stereocenters. The van der Waals surface area contributed by atoms with E-state index in [9.17, 15) is 19.0 Å². The molecule has 3 atom stereocenters. The predicted molar refractivity (Wildman–Crippen MR) is 70.6 cm³/mol. The minimum Gasteiger partial charge on any atom is -0.396 e. The van der Waals surface area contributed by atoms with Gasteiger partial charge < -0.3 is 15.3 Å². The van der Waals surface area contributed by atoms with Gasteiger partial charge in [0.05, 0.1) is 18.1 Å². The fourth-order valence-electron chi connectivity index (χ4n) is 3.53. The highest BCUT2D eigenvalue weighted by Crippen LogP contribution is 2.54. The van der Waals surface area contributed by atoms with Crippen LogP contribution < -0.4 is 0 Å². The monoisotopic (exact) mass is 293 g/mol. The van der Waals surface area contributed by atoms with Crippen molar-refractivity contribution in [3.63, 3.8) is 0 Å². The van der Waals surface area contributed by atoms with Crippen molar-refractivity contribution in [1.82, 2.24) is 4.90 Å². The number of unbranched alkanes of at least 4 members (excludes halogenated alkanes) is 3. The van der Waals surface area contributed by atoms with Gasteiger partial charge in [-0.2, -0.15) is 0 Å². The molecule has 6 heteroatoms. The van der Waals surface area contributed by atoms with Crippen molar-refractivity contribution < 1.29 is 24.1 Å². The molecule has 0 aromatic heterocycles. The number of alkyl halides is 2. The van der Waals surface area contributed by atoms with E-state index in [1.807, 2.05) is 4.90 Å². The first-order chi connectivity index (χ1) is 9.53. The summed E-state index contributed by atoms with van der Waals surface area (Å²) in [6.07, 6.45) is -0.108. The number of hydrogen-bond donors (Lipinski definition) is 3. The van der Waals surface area contributed by atoms with E-state index in [4.69, 9.17) is 5.11 Å². The number of rotatable bonds is 7. The number of hydrogen-bond acceptors (Lipinski definition) is 4. The van der Waals surface area contributed by atoms with Gasteiger partial charge >= 0.3 is 0 Å². The molecule has 118 valence electrons. The third-order valence-corrected chi connectivity index (χ3v) is 4.79. The molecular weight excluding hydrogens is 268 g/mol. The van der Waals surface area contributed by atoms with E-state index in [0.29, 0.717) is 19.4 Å². The molecule has 1 saturated carbocycles. The van der Waals surface area contributed by atoms with Crippen molar-refractivity contribution in [3.8, 4) is 0 Å². The summed E-state index contributed by atoms with van der Waals surface area (Å²) in [7, 11) is 0. The van der Waals surface area contributed by atoms with Crippen LogP contribution in [0.15, 0.2) is 0 Å². The summed E-state index contributed by atoms with van der Waals surface area (Å²) in [4.78, 5) is 1.96. The third kappa shape index (κ3) is 3.13. The van der Waals surface area contributed by atoms with Crippen molar-refractivity contribution in [2.24, 2.45) is 5.92 Å². The number of aliphatic hydroxyl groups is 3. The zero-order valence-electron chi connectivity index (χ0n) is 11.7. The summed E-state index contributed by atoms with van der Waals surface area (Å²) < 4.78 is 26.4. The molecule has 1 aliphatic carbocycles. The summed E-state index contributed by atoms with van der Waals surface area (Å²) in [5, 5.41) is 28.4. The highest BCUT2D eigenvalue weighted by Gasteiger charge is 2.62. The topological polar surface area (TPSA) is 63.9 Å². The van der Waals surface area contributed by atoms with Crippen molar-refractivity contribution >= 4 is 0 Å². The molecule has 4 nitrogen and oxygen atoms in total. The average Bonchev–Trinajstić information content (AvgIpc) is 3.16. The van der Waals surface area contributed by atoms with Crippen LogP contribution >= 0.6 is 0 Å². The summed E-state index contributed by atoms with van der Waals surface area (Å²) in [6.45, 7) is 1.15. The van der Waals surface area contributed by atoms with E-state index >= 15 is 0 Å². The highest BCUT2D eigenvalue weighted by atomic mass is 19.3. The molecule has 1 saturated heterocycles. The fraction of sp³-hybridized carbons (Fsp3) is 1.00. The van der Waals surface area contributed by atoms with Gasteiger partial charge in [-0.25, -0.2) is 8.78 Å². The minimum atomic E-state index is -2.60. The first kappa shape index (κ1) is 16.1. The summed E-state index contributed by atoms with van der Waals surface area (Å²) in [5.74, 6) is -1.14. The first-order valence-electron chi connectivity index (χ1n) is 7.53. The Morgan fingerprint density at radius 3 is 2.30 bits per heavy atom. The number of halogens is 2. The second kappa shape index (κ2) is 6.64. The second-order valence-corrected chi connectivity index (χ2v) is 6.11. The quantitative estimate of drug-likeness (QED) is 0.613. The molecular formula is C14H25F2NO3. The van der Waals surface area contributed by atoms with Gasteiger partial charge in [-0.15, -0.1) is 0 Å². The van der Waals surface area contributed by atoms with Gasteiger partial charge in [-0.3, -0.25) is 4.90 Å². The molecule has 2 fully saturated rings. The molecule has 0 radical (unpaired) electrons. The average molecular weight is 293 g/mol. The molecule has 1 aliphatic heterocycles. The molecule has 2 aliphatic rings. The number of piperidine rings is 1. The van der Waals surface area contributed by atoms with E-state index in [-0.39, 0.29) is 13.2 Å². The Hall–Kier alpha value is -0.300. The van der Waals surface area contributed by atoms with Crippen molar-refractivity contribution in [2.45, 2.75) is 62.7 Å². The summed E-state index contributed by atoms with van der Waals surface area (Å²) >= 11 is 0. The number of β-amino-alcohol motifs (C(OH)–C–C–N with tert-alkyl or cyclic N) is 1. The van der Waals surface area contributed by atoms with Crippen LogP contribution in [0.4, 0.5) is 8.78 Å². The lowest BCUT2D eigenvalue weighted by Crippen LogP contribution is -2.62. The fourth-order valence-corrected chi connectivity index (χ4v) is 3.53. The van der Waals surface area contributed by atoms with Gasteiger partial charge in [0.1, 0.15) is 0 Å². The minimum absolute atomic E-state index is 0.187. The molecule has 2 rings (SSSR count). The smallest absolute Gasteiger partial charge is 0.245 e. The van der Waals surface area contributed by atoms with Gasteiger partial charge in [0.15, 0.2) is 0 Å². The van der Waals surface area contributed by atoms with E-state index in [1.54, 1.807) is 0 Å². The van der Waals surface area contributed by atoms with Gasteiger partial charge in [-0.1, -0.05) is 12.8 Å². The standard InChI is InChI=1S/C14H25F2NO3/c15-13(16)11-12(20)10(19)9-17(14(11)5-6-14)7-3-1-2-4-8-18/h10-13,18-20H,1-9H2/t10-,11+,12+/m1/s1. The lowest BCUT2D eigenvalue weighted by molar-refractivity contribution is -0.151. The Labute approximate surface area is 118 Å². The molecule has 0 bridgehead atoms. The lowest BCUT2D eigenvalue weighted by atomic mass is 9.82. The maximum absolute atomic E-state index is 13.2. The third-order valence-electron chi connectivity index (χ3n) is 4.79. The van der Waals surface area contributed by atoms with E-state index in [0.717, 1.165) is 25.7 Å². The Bertz CT molecular complexity index is 313. The predicted octanol–water partition coefficient (Wildman–Crippen LogP) is 0.990. The largest absolute Gasteiger partial charge is 0.396 e. The SMILES string of the molecule is OCCCCCCN1C[C@@H](O)[C@H](O)[C@@H](C(F)F)C12CC2. The van der Waals surface area contributed by atoms with Crippen LogP contribution in [0.25, 0.3) is 0 Å². The molecule has 0 aromatic carbocycles. The highest BCUT2D eigenvalue weighted by molar-refractivity contribution is 5.15. The van der Waals surface area contributed by atoms with Crippen molar-refractivity contribution in [2.75, 3.05) is 19.7 Å². The van der Waals surface area contributed by atoms with E-state index in [2.05, 4.69) is 0 Å². The van der Waals surface area contributed by atoms with Crippen LogP contribution in [0.2, 0.25) is 0 Å². The first-order valence-corrected chi connectivity index (χ1v) is 7.53. The molecule has 3 N–H and O–H groups in total. The zero-order valence-corrected chi connectivity index (χ0v) is 11.7. The molecule has 1 heterocycles. The molecule has 0 aromatic rings. The number of likely N-dealkylation sites (tertiary alicyclic amines) is 1. The lowest BCUT2D eigenvalue weighted by Gasteiger charge is -2.46. The van der Waals surface area contributed by atoms with Crippen molar-refractivity contribution in [1.29, 1.82) is 0 Å². The van der Waals surface area contributed by atoms with Crippen LogP contribution in [0, 0.1) is 5.92 Å². The van der Waals surface area contributed by atoms with E-state index < -0.39 is 30.1 Å². The summed E-state index contributed by atoms with van der Waals surface area (Å²) in [5.41, 5.74) is -0.593. The van der Waals surface area contributed by atoms with Gasteiger partial charge in [0.2, 0.25) is 6.43 Å². The maximum Gasteiger partial charge on any atom is 0.245 e. The summed E-state index contributed by atoms with van der Waals surface area (Å²) in [6, 6.07) is 0. The number of nitrogens with zero attached hydrogens (tertiary/aromatic N) is 1. The van der Waals surface area contributed by atoms with Crippen LogP contribution in [0.1, 0.15) is 38.5 Å². The Morgan fingerprint density at radius 2 is 1.75 bits per heavy atom. The zero-order chi connectivity index (χ0) is 14.8. The van der Waals surface area contributed by atoms with Crippen LogP contribution in [0.3, 0.4) is 0 Å². The molecule has 1 spiro atoms. The number of aliphatic hydroxyl groups excluding tert-OH is 3. The van der Waals surface area contributed by atoms with Crippen LogP contribution in [-0.2, 0) is 0 Å². The second-order valence-electron chi connectivity index (χ2n) is 6.11. The molecule has 0 amide bonds. The Morgan fingerprint density at radius 1 is 1.10 bits per heavy atom. The van der Waals surface area contributed by atoms with Crippen LogP contribution in [-0.4, -0.2) is 64.1 Å². The Balaban J connectivity index is 1.92. The van der Waals surface area contributed by atoms with Gasteiger partial charge in [0, 0.05) is 18.7 Å². The molecule has 20 heavy (non-hydrogen) atoms. The van der Waals surface area contributed by atoms with Crippen LogP contribution in [0.5, 0.6) is 0 Å². The van der Waals surface area contributed by atoms with Crippen molar-refractivity contribution in [3.05, 3.63) is 0 Å². The normalized spacial score (nSPS) is 33.0.